The Bertz CT molecular complexity index is 530. The van der Waals surface area contributed by atoms with Gasteiger partial charge in [0.05, 0.1) is 0 Å². The van der Waals surface area contributed by atoms with Gasteiger partial charge in [0.2, 0.25) is 0 Å². The summed E-state index contributed by atoms with van der Waals surface area (Å²) < 4.78 is 0. The number of aryl methyl sites for hydroxylation is 2. The third kappa shape index (κ3) is 4.86. The topological polar surface area (TPSA) is 35.0 Å². The van der Waals surface area contributed by atoms with E-state index in [0.29, 0.717) is 0 Å². The standard InChI is InChI=1S/C20H28.H3N/c1-3-5-7-11-17-15-16-18-12-9-10-14-20(18)19(17)13-8-6-4-2;/h9-10,12,14-16H,3-8,11,13H2,1-2H3;1H3. The van der Waals surface area contributed by atoms with Gasteiger partial charge in [0, 0.05) is 0 Å². The Labute approximate surface area is 130 Å². The molecule has 0 radical (unpaired) electrons. The minimum absolute atomic E-state index is 0. The number of benzene rings is 2. The molecule has 116 valence electrons. The zero-order chi connectivity index (χ0) is 14.2. The fourth-order valence-electron chi connectivity index (χ4n) is 3.03. The highest BCUT2D eigenvalue weighted by Gasteiger charge is 2.07. The molecule has 0 fully saturated rings. The highest BCUT2D eigenvalue weighted by atomic mass is 14.1. The molecular formula is C20H31N. The zero-order valence-electron chi connectivity index (χ0n) is 13.8. The quantitative estimate of drug-likeness (QED) is 0.554. The van der Waals surface area contributed by atoms with Gasteiger partial charge in [-0.1, -0.05) is 75.9 Å². The summed E-state index contributed by atoms with van der Waals surface area (Å²) in [6, 6.07) is 13.6. The molecule has 0 aliphatic rings. The first kappa shape index (κ1) is 17.7. The van der Waals surface area contributed by atoms with Crippen molar-refractivity contribution in [1.29, 1.82) is 0 Å². The SMILES string of the molecule is CCCCCc1ccc2ccccc2c1CCCCC.N. The molecule has 0 heterocycles. The van der Waals surface area contributed by atoms with E-state index in [-0.39, 0.29) is 6.15 Å². The molecule has 0 spiro atoms. The molecule has 0 atom stereocenters. The van der Waals surface area contributed by atoms with Gasteiger partial charge < -0.3 is 6.15 Å². The van der Waals surface area contributed by atoms with Crippen LogP contribution in [0, 0.1) is 0 Å². The fourth-order valence-corrected chi connectivity index (χ4v) is 3.03. The molecule has 2 aromatic carbocycles. The van der Waals surface area contributed by atoms with Gasteiger partial charge in [-0.05, 0) is 47.6 Å². The van der Waals surface area contributed by atoms with Crippen LogP contribution < -0.4 is 6.15 Å². The van der Waals surface area contributed by atoms with E-state index in [0.717, 1.165) is 0 Å². The molecule has 2 aromatic rings. The van der Waals surface area contributed by atoms with E-state index in [2.05, 4.69) is 50.2 Å². The van der Waals surface area contributed by atoms with E-state index in [1.54, 1.807) is 11.1 Å². The molecule has 1 heteroatoms. The summed E-state index contributed by atoms with van der Waals surface area (Å²) in [5.74, 6) is 0. The Morgan fingerprint density at radius 2 is 1.38 bits per heavy atom. The van der Waals surface area contributed by atoms with Crippen molar-refractivity contribution in [2.24, 2.45) is 0 Å². The van der Waals surface area contributed by atoms with Crippen molar-refractivity contribution in [3.8, 4) is 0 Å². The third-order valence-electron chi connectivity index (χ3n) is 4.22. The van der Waals surface area contributed by atoms with E-state index < -0.39 is 0 Å². The molecule has 21 heavy (non-hydrogen) atoms. The average Bonchev–Trinajstić information content (AvgIpc) is 2.49. The van der Waals surface area contributed by atoms with Crippen molar-refractivity contribution < 1.29 is 0 Å². The lowest BCUT2D eigenvalue weighted by Gasteiger charge is -2.13. The number of fused-ring (bicyclic) bond motifs is 1. The normalized spacial score (nSPS) is 10.6. The third-order valence-corrected chi connectivity index (χ3v) is 4.22. The number of rotatable bonds is 8. The summed E-state index contributed by atoms with van der Waals surface area (Å²) in [5, 5.41) is 2.89. The Balaban J connectivity index is 0.00000220. The molecule has 3 N–H and O–H groups in total. The maximum atomic E-state index is 2.37. The number of unbranched alkanes of at least 4 members (excludes halogenated alkanes) is 4. The summed E-state index contributed by atoms with van der Waals surface area (Å²) in [7, 11) is 0. The molecule has 0 saturated carbocycles. The Hall–Kier alpha value is -1.34. The first-order chi connectivity index (χ1) is 9.86. The first-order valence-electron chi connectivity index (χ1n) is 8.36. The Morgan fingerprint density at radius 3 is 2.10 bits per heavy atom. The van der Waals surface area contributed by atoms with Crippen molar-refractivity contribution in [2.75, 3.05) is 0 Å². The van der Waals surface area contributed by atoms with Gasteiger partial charge in [-0.25, -0.2) is 0 Å². The van der Waals surface area contributed by atoms with Crippen LogP contribution in [0.4, 0.5) is 0 Å². The van der Waals surface area contributed by atoms with E-state index in [4.69, 9.17) is 0 Å². The second-order valence-electron chi connectivity index (χ2n) is 5.84. The van der Waals surface area contributed by atoms with Crippen LogP contribution in [0.1, 0.15) is 63.5 Å². The van der Waals surface area contributed by atoms with Gasteiger partial charge in [0.15, 0.2) is 0 Å². The largest absolute Gasteiger partial charge is 0.344 e. The van der Waals surface area contributed by atoms with Gasteiger partial charge in [0.25, 0.3) is 0 Å². The summed E-state index contributed by atoms with van der Waals surface area (Å²) in [4.78, 5) is 0. The van der Waals surface area contributed by atoms with E-state index in [1.807, 2.05) is 0 Å². The lowest BCUT2D eigenvalue weighted by molar-refractivity contribution is 0.696. The summed E-state index contributed by atoms with van der Waals surface area (Å²) in [5.41, 5.74) is 3.21. The summed E-state index contributed by atoms with van der Waals surface area (Å²) in [6.45, 7) is 4.56. The summed E-state index contributed by atoms with van der Waals surface area (Å²) in [6.07, 6.45) is 10.4. The molecule has 0 saturated heterocycles. The number of hydrogen-bond donors (Lipinski definition) is 1. The van der Waals surface area contributed by atoms with Crippen LogP contribution in [0.25, 0.3) is 10.8 Å². The molecule has 0 aliphatic carbocycles. The van der Waals surface area contributed by atoms with Crippen LogP contribution >= 0.6 is 0 Å². The molecule has 0 amide bonds. The molecule has 2 rings (SSSR count). The van der Waals surface area contributed by atoms with Gasteiger partial charge in [0.1, 0.15) is 0 Å². The van der Waals surface area contributed by atoms with Crippen molar-refractivity contribution in [2.45, 2.75) is 65.2 Å². The second-order valence-corrected chi connectivity index (χ2v) is 5.84. The predicted octanol–water partition coefficient (Wildman–Crippen LogP) is 6.47. The molecule has 0 unspecified atom stereocenters. The zero-order valence-corrected chi connectivity index (χ0v) is 13.8. The Kier molecular flexibility index (Phi) is 8.07. The Morgan fingerprint density at radius 1 is 0.714 bits per heavy atom. The van der Waals surface area contributed by atoms with Gasteiger partial charge >= 0.3 is 0 Å². The van der Waals surface area contributed by atoms with E-state index in [1.165, 1.54) is 62.1 Å². The molecule has 1 nitrogen and oxygen atoms in total. The maximum absolute atomic E-state index is 2.37. The molecule has 0 bridgehead atoms. The van der Waals surface area contributed by atoms with Crippen molar-refractivity contribution >= 4 is 10.8 Å². The average molecular weight is 285 g/mol. The molecule has 0 aliphatic heterocycles. The van der Waals surface area contributed by atoms with E-state index >= 15 is 0 Å². The lowest BCUT2D eigenvalue weighted by Crippen LogP contribution is -1.97. The van der Waals surface area contributed by atoms with Crippen LogP contribution in [0.2, 0.25) is 0 Å². The maximum Gasteiger partial charge on any atom is -0.0149 e. The predicted molar refractivity (Wildman–Crippen MR) is 95.4 cm³/mol. The van der Waals surface area contributed by atoms with E-state index in [9.17, 15) is 0 Å². The van der Waals surface area contributed by atoms with Crippen molar-refractivity contribution in [3.63, 3.8) is 0 Å². The smallest absolute Gasteiger partial charge is 0.0149 e. The highest BCUT2D eigenvalue weighted by molar-refractivity contribution is 5.86. The highest BCUT2D eigenvalue weighted by Crippen LogP contribution is 2.26. The van der Waals surface area contributed by atoms with Gasteiger partial charge in [-0.3, -0.25) is 0 Å². The minimum atomic E-state index is 0. The first-order valence-corrected chi connectivity index (χ1v) is 8.36. The number of hydrogen-bond acceptors (Lipinski definition) is 1. The van der Waals surface area contributed by atoms with Crippen molar-refractivity contribution in [1.82, 2.24) is 6.15 Å². The molecular weight excluding hydrogens is 254 g/mol. The van der Waals surface area contributed by atoms with Crippen molar-refractivity contribution in [3.05, 3.63) is 47.5 Å². The van der Waals surface area contributed by atoms with Crippen LogP contribution in [0.3, 0.4) is 0 Å². The van der Waals surface area contributed by atoms with Gasteiger partial charge in [-0.15, -0.1) is 0 Å². The van der Waals surface area contributed by atoms with Gasteiger partial charge in [-0.2, -0.15) is 0 Å². The van der Waals surface area contributed by atoms with Crippen LogP contribution in [0.15, 0.2) is 36.4 Å². The van der Waals surface area contributed by atoms with Crippen LogP contribution in [-0.2, 0) is 12.8 Å². The monoisotopic (exact) mass is 285 g/mol. The fraction of sp³-hybridized carbons (Fsp3) is 0.500. The van der Waals surface area contributed by atoms with Crippen LogP contribution in [0.5, 0.6) is 0 Å². The molecule has 0 aromatic heterocycles. The second kappa shape index (κ2) is 9.57. The minimum Gasteiger partial charge on any atom is -0.344 e. The van der Waals surface area contributed by atoms with Crippen LogP contribution in [-0.4, -0.2) is 0 Å². The lowest BCUT2D eigenvalue weighted by atomic mass is 9.92. The summed E-state index contributed by atoms with van der Waals surface area (Å²) >= 11 is 0.